The van der Waals surface area contributed by atoms with Crippen molar-refractivity contribution < 1.29 is 9.59 Å². The second kappa shape index (κ2) is 8.24. The molecule has 1 aromatic carbocycles. The van der Waals surface area contributed by atoms with E-state index in [0.29, 0.717) is 15.7 Å². The molecule has 128 valence electrons. The lowest BCUT2D eigenvalue weighted by molar-refractivity contribution is -0.116. The molecule has 2 amide bonds. The fraction of sp³-hybridized carbons (Fsp3) is 0.118. The Morgan fingerprint density at radius 1 is 1.12 bits per heavy atom. The Balaban J connectivity index is 1.47. The average molecular weight is 392 g/mol. The van der Waals surface area contributed by atoms with Crippen molar-refractivity contribution in [2.24, 2.45) is 0 Å². The minimum Gasteiger partial charge on any atom is -0.351 e. The van der Waals surface area contributed by atoms with E-state index >= 15 is 0 Å². The number of rotatable bonds is 6. The standard InChI is InChI=1S/C17H14ClN3O2S2/c18-12-5-2-1-4-11(12)16(23)19-8-7-15(22)21-17-20-13(10-25-17)14-6-3-9-24-14/h1-6,9-10H,7-8H2,(H,19,23)(H,20,21,22). The summed E-state index contributed by atoms with van der Waals surface area (Å²) in [6.07, 6.45) is 0.157. The molecule has 0 aliphatic rings. The summed E-state index contributed by atoms with van der Waals surface area (Å²) in [4.78, 5) is 29.4. The zero-order chi connectivity index (χ0) is 17.6. The van der Waals surface area contributed by atoms with Crippen molar-refractivity contribution >= 4 is 51.2 Å². The molecule has 3 rings (SSSR count). The highest BCUT2D eigenvalue weighted by Gasteiger charge is 2.11. The van der Waals surface area contributed by atoms with Gasteiger partial charge >= 0.3 is 0 Å². The largest absolute Gasteiger partial charge is 0.351 e. The highest BCUT2D eigenvalue weighted by atomic mass is 35.5. The number of carbonyl (C=O) groups is 2. The number of benzene rings is 1. The van der Waals surface area contributed by atoms with E-state index in [0.717, 1.165) is 10.6 Å². The molecular formula is C17H14ClN3O2S2. The molecule has 0 atom stereocenters. The molecule has 25 heavy (non-hydrogen) atoms. The molecule has 0 aliphatic heterocycles. The molecule has 0 spiro atoms. The number of nitrogens with zero attached hydrogens (tertiary/aromatic N) is 1. The zero-order valence-corrected chi connectivity index (χ0v) is 15.4. The number of carbonyl (C=O) groups excluding carboxylic acids is 2. The number of aromatic nitrogens is 1. The van der Waals surface area contributed by atoms with Crippen LogP contribution in [-0.2, 0) is 4.79 Å². The van der Waals surface area contributed by atoms with Gasteiger partial charge in [-0.15, -0.1) is 22.7 Å². The van der Waals surface area contributed by atoms with E-state index in [2.05, 4.69) is 15.6 Å². The summed E-state index contributed by atoms with van der Waals surface area (Å²) in [6.45, 7) is 0.221. The molecule has 5 nitrogen and oxygen atoms in total. The van der Waals surface area contributed by atoms with Crippen LogP contribution in [0.4, 0.5) is 5.13 Å². The first-order chi connectivity index (χ1) is 12.1. The van der Waals surface area contributed by atoms with Gasteiger partial charge < -0.3 is 10.6 Å². The molecule has 8 heteroatoms. The Kier molecular flexibility index (Phi) is 5.80. The van der Waals surface area contributed by atoms with Crippen molar-refractivity contribution in [3.05, 3.63) is 57.7 Å². The van der Waals surface area contributed by atoms with Crippen LogP contribution in [0.2, 0.25) is 5.02 Å². The topological polar surface area (TPSA) is 71.1 Å². The molecule has 0 fully saturated rings. The summed E-state index contributed by atoms with van der Waals surface area (Å²) in [5.41, 5.74) is 1.24. The Bertz CT molecular complexity index is 878. The van der Waals surface area contributed by atoms with Gasteiger partial charge in [-0.3, -0.25) is 9.59 Å². The number of anilines is 1. The Hall–Kier alpha value is -2.22. The first-order valence-corrected chi connectivity index (χ1v) is 9.59. The smallest absolute Gasteiger partial charge is 0.252 e. The molecule has 2 heterocycles. The first-order valence-electron chi connectivity index (χ1n) is 7.45. The van der Waals surface area contributed by atoms with E-state index in [4.69, 9.17) is 11.6 Å². The van der Waals surface area contributed by atoms with Crippen molar-refractivity contribution in [3.63, 3.8) is 0 Å². The quantitative estimate of drug-likeness (QED) is 0.658. The molecule has 2 N–H and O–H groups in total. The van der Waals surface area contributed by atoms with Crippen LogP contribution in [0.5, 0.6) is 0 Å². The van der Waals surface area contributed by atoms with Crippen LogP contribution < -0.4 is 10.6 Å². The number of hydrogen-bond donors (Lipinski definition) is 2. The molecule has 0 aliphatic carbocycles. The fourth-order valence-electron chi connectivity index (χ4n) is 2.08. The van der Waals surface area contributed by atoms with Crippen LogP contribution in [-0.4, -0.2) is 23.3 Å². The summed E-state index contributed by atoms with van der Waals surface area (Å²) >= 11 is 8.94. The van der Waals surface area contributed by atoms with Gasteiger partial charge in [-0.1, -0.05) is 29.8 Å². The van der Waals surface area contributed by atoms with Crippen molar-refractivity contribution in [1.82, 2.24) is 10.3 Å². The third-order valence-corrected chi connectivity index (χ3v) is 5.26. The lowest BCUT2D eigenvalue weighted by Crippen LogP contribution is -2.27. The van der Waals surface area contributed by atoms with Gasteiger partial charge in [0.2, 0.25) is 5.91 Å². The number of hydrogen-bond acceptors (Lipinski definition) is 5. The van der Waals surface area contributed by atoms with Gasteiger partial charge in [0.15, 0.2) is 5.13 Å². The minimum atomic E-state index is -0.298. The fourth-order valence-corrected chi connectivity index (χ4v) is 3.79. The molecule has 2 aromatic heterocycles. The van der Waals surface area contributed by atoms with E-state index < -0.39 is 0 Å². The number of nitrogens with one attached hydrogen (secondary N) is 2. The van der Waals surface area contributed by atoms with E-state index in [-0.39, 0.29) is 24.8 Å². The van der Waals surface area contributed by atoms with E-state index in [9.17, 15) is 9.59 Å². The Morgan fingerprint density at radius 2 is 1.96 bits per heavy atom. The van der Waals surface area contributed by atoms with Gasteiger partial charge in [-0.05, 0) is 23.6 Å². The van der Waals surface area contributed by atoms with Crippen molar-refractivity contribution in [2.75, 3.05) is 11.9 Å². The number of halogens is 1. The first kappa shape index (κ1) is 17.6. The van der Waals surface area contributed by atoms with Crippen molar-refractivity contribution in [3.8, 4) is 10.6 Å². The number of thiophene rings is 1. The van der Waals surface area contributed by atoms with Crippen LogP contribution in [0, 0.1) is 0 Å². The second-order valence-electron chi connectivity index (χ2n) is 5.05. The monoisotopic (exact) mass is 391 g/mol. The number of thiazole rings is 1. The Morgan fingerprint density at radius 3 is 2.72 bits per heavy atom. The second-order valence-corrected chi connectivity index (χ2v) is 7.26. The summed E-state index contributed by atoms with van der Waals surface area (Å²) in [6, 6.07) is 10.7. The maximum Gasteiger partial charge on any atom is 0.252 e. The summed E-state index contributed by atoms with van der Waals surface area (Å²) in [5, 5.41) is 10.2. The molecule has 0 unspecified atom stereocenters. The zero-order valence-electron chi connectivity index (χ0n) is 13.0. The molecule has 3 aromatic rings. The average Bonchev–Trinajstić information content (AvgIpc) is 3.26. The van der Waals surface area contributed by atoms with Gasteiger partial charge in [0.05, 0.1) is 21.2 Å². The number of amides is 2. The van der Waals surface area contributed by atoms with E-state index in [1.807, 2.05) is 22.9 Å². The molecule has 0 saturated carbocycles. The highest BCUT2D eigenvalue weighted by molar-refractivity contribution is 7.16. The maximum absolute atomic E-state index is 12.0. The van der Waals surface area contributed by atoms with Crippen LogP contribution in [0.25, 0.3) is 10.6 Å². The Labute approximate surface area is 157 Å². The van der Waals surface area contributed by atoms with Crippen molar-refractivity contribution in [2.45, 2.75) is 6.42 Å². The van der Waals surface area contributed by atoms with Crippen LogP contribution in [0.3, 0.4) is 0 Å². The third kappa shape index (κ3) is 4.66. The van der Waals surface area contributed by atoms with E-state index in [1.54, 1.807) is 35.6 Å². The van der Waals surface area contributed by atoms with E-state index in [1.165, 1.54) is 11.3 Å². The SMILES string of the molecule is O=C(CCNC(=O)c1ccccc1Cl)Nc1nc(-c2cccs2)cs1. The molecule has 0 radical (unpaired) electrons. The predicted octanol–water partition coefficient (Wildman–Crippen LogP) is 4.28. The summed E-state index contributed by atoms with van der Waals surface area (Å²) in [5.74, 6) is -0.501. The van der Waals surface area contributed by atoms with Crippen LogP contribution in [0.15, 0.2) is 47.2 Å². The van der Waals surface area contributed by atoms with Gasteiger partial charge in [0.1, 0.15) is 0 Å². The van der Waals surface area contributed by atoms with Crippen molar-refractivity contribution in [1.29, 1.82) is 0 Å². The lowest BCUT2D eigenvalue weighted by Gasteiger charge is -2.06. The third-order valence-electron chi connectivity index (χ3n) is 3.28. The molecular weight excluding hydrogens is 378 g/mol. The normalized spacial score (nSPS) is 10.4. The summed E-state index contributed by atoms with van der Waals surface area (Å²) in [7, 11) is 0. The van der Waals surface area contributed by atoms with Crippen LogP contribution >= 0.6 is 34.3 Å². The van der Waals surface area contributed by atoms with Gasteiger partial charge in [0.25, 0.3) is 5.91 Å². The lowest BCUT2D eigenvalue weighted by atomic mass is 10.2. The predicted molar refractivity (Wildman–Crippen MR) is 102 cm³/mol. The maximum atomic E-state index is 12.0. The van der Waals surface area contributed by atoms with Gasteiger partial charge in [-0.2, -0.15) is 0 Å². The van der Waals surface area contributed by atoms with Gasteiger partial charge in [0, 0.05) is 18.3 Å². The van der Waals surface area contributed by atoms with Gasteiger partial charge in [-0.25, -0.2) is 4.98 Å². The highest BCUT2D eigenvalue weighted by Crippen LogP contribution is 2.28. The van der Waals surface area contributed by atoms with Crippen LogP contribution in [0.1, 0.15) is 16.8 Å². The molecule has 0 bridgehead atoms. The summed E-state index contributed by atoms with van der Waals surface area (Å²) < 4.78 is 0. The minimum absolute atomic E-state index is 0.157. The molecule has 0 saturated heterocycles.